The molecule has 9 heavy (non-hydrogen) atoms. The topological polar surface area (TPSA) is 12.9 Å². The molecule has 0 aliphatic rings. The van der Waals surface area contributed by atoms with Gasteiger partial charge < -0.3 is 0 Å². The summed E-state index contributed by atoms with van der Waals surface area (Å²) in [4.78, 5) is 4.18. The Bertz CT molecular complexity index is 194. The van der Waals surface area contributed by atoms with Crippen LogP contribution in [-0.4, -0.2) is 4.98 Å². The zero-order valence-corrected chi connectivity index (χ0v) is 5.59. The van der Waals surface area contributed by atoms with E-state index in [0.29, 0.717) is 0 Å². The average Bonchev–Trinajstić information content (AvgIpc) is 1.88. The predicted molar refractivity (Wildman–Crippen MR) is 38.1 cm³/mol. The largest absolute Gasteiger partial charge is 0.258 e. The molecule has 0 aromatic carbocycles. The fourth-order valence-corrected chi connectivity index (χ4v) is 0.726. The van der Waals surface area contributed by atoms with Crippen LogP contribution in [0.3, 0.4) is 0 Å². The molecule has 0 bridgehead atoms. The summed E-state index contributed by atoms with van der Waals surface area (Å²) in [5.41, 5.74) is 1.97. The molecule has 0 unspecified atom stereocenters. The van der Waals surface area contributed by atoms with Gasteiger partial charge in [0.15, 0.2) is 0 Å². The third kappa shape index (κ3) is 1.53. The van der Waals surface area contributed by atoms with E-state index in [0.717, 1.165) is 17.8 Å². The van der Waals surface area contributed by atoms with E-state index in [9.17, 15) is 0 Å². The summed E-state index contributed by atoms with van der Waals surface area (Å²) in [7, 11) is 0. The standard InChI is InChI=1S/C8H10N/c1-3-8-6-4-5-7(2)9-8/h4-6H,2-3H2,1H3. The first-order chi connectivity index (χ1) is 4.33. The van der Waals surface area contributed by atoms with Gasteiger partial charge in [0.2, 0.25) is 0 Å². The highest BCUT2D eigenvalue weighted by Crippen LogP contribution is 1.97. The molecule has 0 atom stereocenters. The normalized spacial score (nSPS) is 9.56. The quantitative estimate of drug-likeness (QED) is 0.551. The third-order valence-corrected chi connectivity index (χ3v) is 1.23. The molecule has 1 aromatic heterocycles. The van der Waals surface area contributed by atoms with Gasteiger partial charge in [-0.2, -0.15) is 0 Å². The van der Waals surface area contributed by atoms with Crippen molar-refractivity contribution in [2.24, 2.45) is 0 Å². The first-order valence-electron chi connectivity index (χ1n) is 3.11. The van der Waals surface area contributed by atoms with E-state index in [1.165, 1.54) is 0 Å². The minimum Gasteiger partial charge on any atom is -0.258 e. The lowest BCUT2D eigenvalue weighted by atomic mass is 10.3. The highest BCUT2D eigenvalue weighted by Gasteiger charge is 1.87. The van der Waals surface area contributed by atoms with Crippen LogP contribution in [0.5, 0.6) is 0 Å². The molecule has 0 aliphatic heterocycles. The van der Waals surface area contributed by atoms with Crippen LogP contribution in [0.1, 0.15) is 18.3 Å². The smallest absolute Gasteiger partial charge is 0.0410 e. The van der Waals surface area contributed by atoms with Crippen molar-refractivity contribution in [3.05, 3.63) is 36.5 Å². The van der Waals surface area contributed by atoms with Gasteiger partial charge in [-0.05, 0) is 25.5 Å². The van der Waals surface area contributed by atoms with E-state index in [1.54, 1.807) is 0 Å². The van der Waals surface area contributed by atoms with Gasteiger partial charge in [0, 0.05) is 11.4 Å². The number of hydrogen-bond donors (Lipinski definition) is 0. The van der Waals surface area contributed by atoms with Crippen molar-refractivity contribution in [3.8, 4) is 0 Å². The summed E-state index contributed by atoms with van der Waals surface area (Å²) in [6, 6.07) is 5.89. The van der Waals surface area contributed by atoms with Crippen molar-refractivity contribution in [1.82, 2.24) is 4.98 Å². The molecular formula is C8H10N. The van der Waals surface area contributed by atoms with Gasteiger partial charge in [-0.25, -0.2) is 0 Å². The van der Waals surface area contributed by atoms with Crippen LogP contribution in [0.15, 0.2) is 18.2 Å². The minimum absolute atomic E-state index is 0.856. The molecule has 1 aromatic rings. The molecule has 0 aliphatic carbocycles. The molecule has 1 rings (SSSR count). The van der Waals surface area contributed by atoms with Crippen molar-refractivity contribution in [2.45, 2.75) is 13.3 Å². The highest BCUT2D eigenvalue weighted by molar-refractivity contribution is 5.12. The first kappa shape index (κ1) is 6.27. The minimum atomic E-state index is 0.856. The third-order valence-electron chi connectivity index (χ3n) is 1.23. The fraction of sp³-hybridized carbons (Fsp3) is 0.250. The maximum absolute atomic E-state index is 4.18. The van der Waals surface area contributed by atoms with E-state index in [2.05, 4.69) is 18.8 Å². The fourth-order valence-electron chi connectivity index (χ4n) is 0.726. The van der Waals surface area contributed by atoms with Crippen LogP contribution in [-0.2, 0) is 6.42 Å². The Kier molecular flexibility index (Phi) is 1.83. The lowest BCUT2D eigenvalue weighted by molar-refractivity contribution is 1.02. The van der Waals surface area contributed by atoms with Crippen LogP contribution < -0.4 is 0 Å². The summed E-state index contributed by atoms with van der Waals surface area (Å²) >= 11 is 0. The Morgan fingerprint density at radius 2 is 2.33 bits per heavy atom. The molecule has 0 spiro atoms. The maximum atomic E-state index is 4.18. The van der Waals surface area contributed by atoms with Crippen LogP contribution in [0.4, 0.5) is 0 Å². The lowest BCUT2D eigenvalue weighted by Crippen LogP contribution is -1.87. The molecule has 1 heteroatoms. The molecular weight excluding hydrogens is 110 g/mol. The van der Waals surface area contributed by atoms with Crippen molar-refractivity contribution in [1.29, 1.82) is 0 Å². The molecule has 0 saturated heterocycles. The Balaban J connectivity index is 2.94. The number of nitrogens with zero attached hydrogens (tertiary/aromatic N) is 1. The number of aryl methyl sites for hydroxylation is 1. The SMILES string of the molecule is [CH2]c1cccc(CC)n1. The van der Waals surface area contributed by atoms with Crippen molar-refractivity contribution in [3.63, 3.8) is 0 Å². The molecule has 0 amide bonds. The van der Waals surface area contributed by atoms with Gasteiger partial charge in [0.1, 0.15) is 0 Å². The molecule has 0 N–H and O–H groups in total. The Morgan fingerprint density at radius 1 is 1.56 bits per heavy atom. The van der Waals surface area contributed by atoms with Crippen molar-refractivity contribution < 1.29 is 0 Å². The van der Waals surface area contributed by atoms with E-state index >= 15 is 0 Å². The molecule has 1 nitrogen and oxygen atoms in total. The summed E-state index contributed by atoms with van der Waals surface area (Å²) < 4.78 is 0. The number of rotatable bonds is 1. The number of pyridine rings is 1. The zero-order valence-electron chi connectivity index (χ0n) is 5.59. The van der Waals surface area contributed by atoms with Crippen LogP contribution in [0.2, 0.25) is 0 Å². The molecule has 0 fully saturated rings. The first-order valence-corrected chi connectivity index (χ1v) is 3.11. The predicted octanol–water partition coefficient (Wildman–Crippen LogP) is 1.83. The van der Waals surface area contributed by atoms with Gasteiger partial charge in [-0.1, -0.05) is 13.0 Å². The Morgan fingerprint density at radius 3 is 2.78 bits per heavy atom. The zero-order chi connectivity index (χ0) is 6.69. The van der Waals surface area contributed by atoms with Gasteiger partial charge in [-0.15, -0.1) is 0 Å². The van der Waals surface area contributed by atoms with Gasteiger partial charge in [-0.3, -0.25) is 4.98 Å². The lowest BCUT2D eigenvalue weighted by Gasteiger charge is -1.94. The Hall–Kier alpha value is -0.850. The summed E-state index contributed by atoms with van der Waals surface area (Å²) in [6.45, 7) is 5.80. The van der Waals surface area contributed by atoms with E-state index in [1.807, 2.05) is 18.2 Å². The monoisotopic (exact) mass is 120 g/mol. The molecule has 0 saturated carbocycles. The summed E-state index contributed by atoms with van der Waals surface area (Å²) in [6.07, 6.45) is 0.989. The number of hydrogen-bond acceptors (Lipinski definition) is 1. The van der Waals surface area contributed by atoms with E-state index in [4.69, 9.17) is 0 Å². The maximum Gasteiger partial charge on any atom is 0.0410 e. The number of aromatic nitrogens is 1. The second kappa shape index (κ2) is 2.62. The van der Waals surface area contributed by atoms with E-state index < -0.39 is 0 Å². The van der Waals surface area contributed by atoms with Crippen LogP contribution in [0, 0.1) is 6.92 Å². The van der Waals surface area contributed by atoms with Crippen molar-refractivity contribution >= 4 is 0 Å². The average molecular weight is 120 g/mol. The highest BCUT2D eigenvalue weighted by atomic mass is 14.7. The summed E-state index contributed by atoms with van der Waals surface area (Å²) in [5.74, 6) is 0. The summed E-state index contributed by atoms with van der Waals surface area (Å²) in [5, 5.41) is 0. The molecule has 47 valence electrons. The van der Waals surface area contributed by atoms with Gasteiger partial charge in [0.25, 0.3) is 0 Å². The van der Waals surface area contributed by atoms with Gasteiger partial charge in [0.05, 0.1) is 0 Å². The van der Waals surface area contributed by atoms with Crippen LogP contribution in [0.25, 0.3) is 0 Å². The second-order valence-electron chi connectivity index (χ2n) is 1.97. The van der Waals surface area contributed by atoms with E-state index in [-0.39, 0.29) is 0 Å². The van der Waals surface area contributed by atoms with Crippen molar-refractivity contribution in [2.75, 3.05) is 0 Å². The molecule has 1 radical (unpaired) electrons. The Labute approximate surface area is 55.7 Å². The van der Waals surface area contributed by atoms with Crippen LogP contribution >= 0.6 is 0 Å². The van der Waals surface area contributed by atoms with Gasteiger partial charge >= 0.3 is 0 Å². The second-order valence-corrected chi connectivity index (χ2v) is 1.97. The molecule has 1 heterocycles.